The molecule has 0 spiro atoms. The lowest BCUT2D eigenvalue weighted by atomic mass is 10.1. The van der Waals surface area contributed by atoms with Gasteiger partial charge in [-0.15, -0.1) is 0 Å². The van der Waals surface area contributed by atoms with Gasteiger partial charge in [0.1, 0.15) is 0 Å². The molecular weight excluding hydrogens is 410 g/mol. The summed E-state index contributed by atoms with van der Waals surface area (Å²) in [6, 6.07) is 15.0. The number of hydrogen-bond donors (Lipinski definition) is 0. The molecular formula is C24H27N3O3S. The van der Waals surface area contributed by atoms with Crippen molar-refractivity contribution >= 4 is 21.4 Å². The zero-order valence-corrected chi connectivity index (χ0v) is 18.4. The van der Waals surface area contributed by atoms with E-state index in [2.05, 4.69) is 11.0 Å². The summed E-state index contributed by atoms with van der Waals surface area (Å²) in [6.45, 7) is 2.71. The molecule has 31 heavy (non-hydrogen) atoms. The Morgan fingerprint density at radius 2 is 1.71 bits per heavy atom. The van der Waals surface area contributed by atoms with Gasteiger partial charge in [0.05, 0.1) is 22.3 Å². The molecule has 4 rings (SSSR count). The molecule has 1 saturated heterocycles. The lowest BCUT2D eigenvalue weighted by Crippen LogP contribution is -2.36. The molecule has 2 aromatic rings. The maximum absolute atomic E-state index is 12.8. The molecule has 0 aromatic heterocycles. The number of amides is 1. The maximum Gasteiger partial charge on any atom is 0.223 e. The number of carbonyl (C=O) groups excluding carboxylic acids is 1. The summed E-state index contributed by atoms with van der Waals surface area (Å²) < 4.78 is 25.5. The molecule has 1 aliphatic heterocycles. The standard InChI is InChI=1S/C24H27N3O3S/c25-18-19-5-8-22(9-6-19)26-12-2-13-27(15-14-26)24(28)11-16-31(29,30)23-10-7-20-3-1-4-21(20)17-23/h5-10,17H,1-4,11-16H2. The number of rotatable bonds is 5. The summed E-state index contributed by atoms with van der Waals surface area (Å²) in [4.78, 5) is 17.1. The van der Waals surface area contributed by atoms with E-state index in [9.17, 15) is 13.2 Å². The second-order valence-electron chi connectivity index (χ2n) is 8.23. The fraction of sp³-hybridized carbons (Fsp3) is 0.417. The largest absolute Gasteiger partial charge is 0.370 e. The highest BCUT2D eigenvalue weighted by molar-refractivity contribution is 7.91. The summed E-state index contributed by atoms with van der Waals surface area (Å²) in [7, 11) is -3.47. The third-order valence-corrected chi connectivity index (χ3v) is 7.94. The summed E-state index contributed by atoms with van der Waals surface area (Å²) in [6.07, 6.45) is 3.86. The van der Waals surface area contributed by atoms with Crippen molar-refractivity contribution in [3.63, 3.8) is 0 Å². The first-order chi connectivity index (χ1) is 15.0. The topological polar surface area (TPSA) is 81.5 Å². The van der Waals surface area contributed by atoms with E-state index in [0.717, 1.165) is 43.5 Å². The zero-order valence-electron chi connectivity index (χ0n) is 17.6. The Kier molecular flexibility index (Phi) is 6.28. The summed E-state index contributed by atoms with van der Waals surface area (Å²) >= 11 is 0. The first-order valence-electron chi connectivity index (χ1n) is 10.8. The second kappa shape index (κ2) is 9.11. The smallest absolute Gasteiger partial charge is 0.223 e. The number of nitriles is 1. The molecule has 1 fully saturated rings. The Morgan fingerprint density at radius 1 is 0.935 bits per heavy atom. The predicted octanol–water partition coefficient (Wildman–Crippen LogP) is 2.95. The van der Waals surface area contributed by atoms with Crippen LogP contribution in [0.15, 0.2) is 47.4 Å². The summed E-state index contributed by atoms with van der Waals surface area (Å²) in [5, 5.41) is 8.95. The Bertz CT molecular complexity index is 1100. The molecule has 2 aromatic carbocycles. The van der Waals surface area contributed by atoms with Gasteiger partial charge in [0.2, 0.25) is 5.91 Å². The van der Waals surface area contributed by atoms with Crippen molar-refractivity contribution < 1.29 is 13.2 Å². The monoisotopic (exact) mass is 437 g/mol. The van der Waals surface area contributed by atoms with Crippen molar-refractivity contribution in [3.8, 4) is 6.07 Å². The van der Waals surface area contributed by atoms with Gasteiger partial charge in [-0.1, -0.05) is 6.07 Å². The van der Waals surface area contributed by atoms with Crippen LogP contribution in [0.5, 0.6) is 0 Å². The van der Waals surface area contributed by atoms with Gasteiger partial charge >= 0.3 is 0 Å². The molecule has 162 valence electrons. The van der Waals surface area contributed by atoms with Crippen LogP contribution in [0.3, 0.4) is 0 Å². The SMILES string of the molecule is N#Cc1ccc(N2CCCN(C(=O)CCS(=O)(=O)c3ccc4c(c3)CCC4)CC2)cc1. The summed E-state index contributed by atoms with van der Waals surface area (Å²) in [5.74, 6) is -0.257. The van der Waals surface area contributed by atoms with Gasteiger partial charge in [-0.2, -0.15) is 5.26 Å². The van der Waals surface area contributed by atoms with Crippen molar-refractivity contribution in [2.24, 2.45) is 0 Å². The number of carbonyl (C=O) groups is 1. The van der Waals surface area contributed by atoms with Crippen LogP contribution in [0.4, 0.5) is 5.69 Å². The van der Waals surface area contributed by atoms with E-state index in [-0.39, 0.29) is 18.1 Å². The minimum absolute atomic E-state index is 0.0102. The van der Waals surface area contributed by atoms with Crippen LogP contribution in [-0.4, -0.2) is 51.2 Å². The van der Waals surface area contributed by atoms with E-state index in [1.165, 1.54) is 5.56 Å². The number of hydrogen-bond acceptors (Lipinski definition) is 5. The van der Waals surface area contributed by atoms with Crippen molar-refractivity contribution in [2.45, 2.75) is 37.0 Å². The van der Waals surface area contributed by atoms with Crippen LogP contribution in [0.1, 0.15) is 36.0 Å². The highest BCUT2D eigenvalue weighted by atomic mass is 32.2. The highest BCUT2D eigenvalue weighted by Crippen LogP contribution is 2.25. The number of fused-ring (bicyclic) bond motifs is 1. The predicted molar refractivity (Wildman–Crippen MR) is 120 cm³/mol. The minimum Gasteiger partial charge on any atom is -0.370 e. The number of nitrogens with zero attached hydrogens (tertiary/aromatic N) is 3. The van der Waals surface area contributed by atoms with Gasteiger partial charge in [-0.3, -0.25) is 4.79 Å². The normalized spacial score (nSPS) is 16.5. The first-order valence-corrected chi connectivity index (χ1v) is 12.5. The average molecular weight is 438 g/mol. The molecule has 0 saturated carbocycles. The molecule has 0 atom stereocenters. The van der Waals surface area contributed by atoms with E-state index in [1.807, 2.05) is 18.2 Å². The van der Waals surface area contributed by atoms with Gasteiger partial charge < -0.3 is 9.80 Å². The van der Waals surface area contributed by atoms with Crippen molar-refractivity contribution in [1.29, 1.82) is 5.26 Å². The number of aryl methyl sites for hydroxylation is 2. The maximum atomic E-state index is 12.8. The molecule has 2 aliphatic rings. The Labute approximate surface area is 184 Å². The van der Waals surface area contributed by atoms with Gasteiger partial charge in [0.15, 0.2) is 9.84 Å². The lowest BCUT2D eigenvalue weighted by molar-refractivity contribution is -0.130. The van der Waals surface area contributed by atoms with Gasteiger partial charge in [-0.05, 0) is 73.2 Å². The van der Waals surface area contributed by atoms with Gasteiger partial charge in [0.25, 0.3) is 0 Å². The fourth-order valence-electron chi connectivity index (χ4n) is 4.41. The zero-order chi connectivity index (χ0) is 21.8. The minimum atomic E-state index is -3.47. The van der Waals surface area contributed by atoms with Crippen LogP contribution in [0.25, 0.3) is 0 Å². The first kappa shape index (κ1) is 21.4. The van der Waals surface area contributed by atoms with E-state index in [0.29, 0.717) is 30.1 Å². The average Bonchev–Trinajstić information content (AvgIpc) is 3.12. The molecule has 1 aliphatic carbocycles. The van der Waals surface area contributed by atoms with Crippen molar-refractivity contribution in [2.75, 3.05) is 36.8 Å². The molecule has 7 heteroatoms. The second-order valence-corrected chi connectivity index (χ2v) is 10.3. The Balaban J connectivity index is 1.34. The number of sulfone groups is 1. The molecule has 0 radical (unpaired) electrons. The number of benzene rings is 2. The Morgan fingerprint density at radius 3 is 2.48 bits per heavy atom. The van der Waals surface area contributed by atoms with Gasteiger partial charge in [0, 0.05) is 38.3 Å². The van der Waals surface area contributed by atoms with E-state index >= 15 is 0 Å². The van der Waals surface area contributed by atoms with Crippen LogP contribution in [0.2, 0.25) is 0 Å². The fourth-order valence-corrected chi connectivity index (χ4v) is 5.69. The van der Waals surface area contributed by atoms with Gasteiger partial charge in [-0.25, -0.2) is 8.42 Å². The molecule has 6 nitrogen and oxygen atoms in total. The molecule has 0 unspecified atom stereocenters. The van der Waals surface area contributed by atoms with Crippen LogP contribution >= 0.6 is 0 Å². The van der Waals surface area contributed by atoms with E-state index < -0.39 is 9.84 Å². The van der Waals surface area contributed by atoms with Crippen molar-refractivity contribution in [1.82, 2.24) is 4.90 Å². The quantitative estimate of drug-likeness (QED) is 0.718. The highest BCUT2D eigenvalue weighted by Gasteiger charge is 2.23. The third kappa shape index (κ3) is 4.91. The molecule has 0 N–H and O–H groups in total. The van der Waals surface area contributed by atoms with Crippen molar-refractivity contribution in [3.05, 3.63) is 59.2 Å². The van der Waals surface area contributed by atoms with Crippen LogP contribution < -0.4 is 4.90 Å². The summed E-state index contributed by atoms with van der Waals surface area (Å²) in [5.41, 5.74) is 4.03. The lowest BCUT2D eigenvalue weighted by Gasteiger charge is -2.24. The molecule has 1 heterocycles. The van der Waals surface area contributed by atoms with Crippen LogP contribution in [0, 0.1) is 11.3 Å². The van der Waals surface area contributed by atoms with E-state index in [4.69, 9.17) is 5.26 Å². The van der Waals surface area contributed by atoms with E-state index in [1.54, 1.807) is 29.2 Å². The molecule has 0 bridgehead atoms. The Hall–Kier alpha value is -2.85. The number of anilines is 1. The molecule has 1 amide bonds. The van der Waals surface area contributed by atoms with Crippen LogP contribution in [-0.2, 0) is 27.5 Å². The third-order valence-electron chi connectivity index (χ3n) is 6.22.